The molecular weight excluding hydrogens is 306 g/mol. The van der Waals surface area contributed by atoms with Crippen molar-refractivity contribution in [3.8, 4) is 0 Å². The van der Waals surface area contributed by atoms with Gasteiger partial charge in [0, 0.05) is 19.6 Å². The Kier molecular flexibility index (Phi) is 5.05. The first-order valence-electron chi connectivity index (χ1n) is 8.25. The SMILES string of the molecule is COC(CC1c2ccccc2C2CNCC21)c1ccccc1.Cl. The van der Waals surface area contributed by atoms with Crippen LogP contribution in [0.25, 0.3) is 0 Å². The van der Waals surface area contributed by atoms with Crippen molar-refractivity contribution < 1.29 is 4.74 Å². The van der Waals surface area contributed by atoms with Crippen molar-refractivity contribution in [2.24, 2.45) is 5.92 Å². The summed E-state index contributed by atoms with van der Waals surface area (Å²) >= 11 is 0. The maximum atomic E-state index is 5.84. The van der Waals surface area contributed by atoms with Gasteiger partial charge in [0.15, 0.2) is 0 Å². The van der Waals surface area contributed by atoms with Gasteiger partial charge in [-0.25, -0.2) is 0 Å². The van der Waals surface area contributed by atoms with Gasteiger partial charge in [0.25, 0.3) is 0 Å². The molecule has 0 aromatic heterocycles. The van der Waals surface area contributed by atoms with Crippen LogP contribution in [0.2, 0.25) is 0 Å². The highest BCUT2D eigenvalue weighted by molar-refractivity contribution is 5.85. The molecule has 0 saturated carbocycles. The molecule has 1 aliphatic heterocycles. The largest absolute Gasteiger partial charge is 0.377 e. The number of hydrogen-bond donors (Lipinski definition) is 1. The number of methoxy groups -OCH3 is 1. The standard InChI is InChI=1S/C20H23NO.ClH/c1-22-20(14-7-3-2-4-8-14)11-17-15-9-5-6-10-16(15)18-12-21-13-19(17)18;/h2-10,17-21H,11-13H2,1H3;1H. The lowest BCUT2D eigenvalue weighted by atomic mass is 9.84. The average Bonchev–Trinajstić information content (AvgIpc) is 3.15. The van der Waals surface area contributed by atoms with Crippen LogP contribution in [0.1, 0.15) is 41.1 Å². The van der Waals surface area contributed by atoms with Gasteiger partial charge in [0.05, 0.1) is 6.10 Å². The molecule has 23 heavy (non-hydrogen) atoms. The summed E-state index contributed by atoms with van der Waals surface area (Å²) in [5.41, 5.74) is 4.40. The summed E-state index contributed by atoms with van der Waals surface area (Å²) in [6.45, 7) is 2.26. The molecule has 2 aromatic rings. The fraction of sp³-hybridized carbons (Fsp3) is 0.400. The quantitative estimate of drug-likeness (QED) is 0.903. The Hall–Kier alpha value is -1.35. The van der Waals surface area contributed by atoms with Gasteiger partial charge in [-0.1, -0.05) is 54.6 Å². The third kappa shape index (κ3) is 2.91. The second-order valence-corrected chi connectivity index (χ2v) is 6.53. The summed E-state index contributed by atoms with van der Waals surface area (Å²) in [4.78, 5) is 0. The van der Waals surface area contributed by atoms with Gasteiger partial charge in [-0.2, -0.15) is 0 Å². The Balaban J connectivity index is 0.00000156. The Labute approximate surface area is 144 Å². The number of nitrogens with one attached hydrogen (secondary N) is 1. The van der Waals surface area contributed by atoms with E-state index in [9.17, 15) is 0 Å². The summed E-state index contributed by atoms with van der Waals surface area (Å²) in [5, 5.41) is 3.59. The van der Waals surface area contributed by atoms with E-state index in [1.54, 1.807) is 11.1 Å². The average molecular weight is 330 g/mol. The van der Waals surface area contributed by atoms with E-state index in [0.717, 1.165) is 25.4 Å². The zero-order valence-corrected chi connectivity index (χ0v) is 14.3. The monoisotopic (exact) mass is 329 g/mol. The van der Waals surface area contributed by atoms with Crippen molar-refractivity contribution in [2.75, 3.05) is 20.2 Å². The molecule has 4 unspecified atom stereocenters. The van der Waals surface area contributed by atoms with Crippen LogP contribution in [0.15, 0.2) is 54.6 Å². The van der Waals surface area contributed by atoms with Gasteiger partial charge in [-0.15, -0.1) is 12.4 Å². The minimum Gasteiger partial charge on any atom is -0.377 e. The number of ether oxygens (including phenoxy) is 1. The first-order valence-corrected chi connectivity index (χ1v) is 8.25. The van der Waals surface area contributed by atoms with Crippen LogP contribution in [0, 0.1) is 5.92 Å². The zero-order chi connectivity index (χ0) is 14.9. The highest BCUT2D eigenvalue weighted by Gasteiger charge is 2.43. The molecule has 0 radical (unpaired) electrons. The number of rotatable bonds is 4. The van der Waals surface area contributed by atoms with Crippen LogP contribution in [0.3, 0.4) is 0 Å². The molecule has 0 bridgehead atoms. The molecule has 1 N–H and O–H groups in total. The molecule has 122 valence electrons. The normalized spacial score (nSPS) is 26.2. The van der Waals surface area contributed by atoms with Crippen LogP contribution in [-0.2, 0) is 4.74 Å². The van der Waals surface area contributed by atoms with Gasteiger partial charge in [0.1, 0.15) is 0 Å². The zero-order valence-electron chi connectivity index (χ0n) is 13.4. The van der Waals surface area contributed by atoms with E-state index < -0.39 is 0 Å². The Morgan fingerprint density at radius 1 is 1.00 bits per heavy atom. The van der Waals surface area contributed by atoms with Gasteiger partial charge in [-0.05, 0) is 41.5 Å². The fourth-order valence-electron chi connectivity index (χ4n) is 4.45. The molecule has 1 saturated heterocycles. The summed E-state index contributed by atoms with van der Waals surface area (Å²) < 4.78 is 5.84. The molecule has 0 spiro atoms. The first kappa shape index (κ1) is 16.5. The molecule has 3 heteroatoms. The van der Waals surface area contributed by atoms with Crippen LogP contribution < -0.4 is 5.32 Å². The van der Waals surface area contributed by atoms with Crippen LogP contribution in [-0.4, -0.2) is 20.2 Å². The molecule has 1 fully saturated rings. The van der Waals surface area contributed by atoms with E-state index in [1.807, 2.05) is 7.11 Å². The molecule has 2 aliphatic rings. The number of benzene rings is 2. The van der Waals surface area contributed by atoms with Crippen LogP contribution in [0.4, 0.5) is 0 Å². The third-order valence-corrected chi connectivity index (χ3v) is 5.50. The molecule has 1 heterocycles. The number of hydrogen-bond acceptors (Lipinski definition) is 2. The number of halogens is 1. The van der Waals surface area contributed by atoms with E-state index in [4.69, 9.17) is 4.74 Å². The van der Waals surface area contributed by atoms with Crippen LogP contribution in [0.5, 0.6) is 0 Å². The topological polar surface area (TPSA) is 21.3 Å². The lowest BCUT2D eigenvalue weighted by Gasteiger charge is -2.24. The summed E-state index contributed by atoms with van der Waals surface area (Å²) in [6.07, 6.45) is 1.25. The summed E-state index contributed by atoms with van der Waals surface area (Å²) in [7, 11) is 1.84. The van der Waals surface area contributed by atoms with Gasteiger partial charge in [0.2, 0.25) is 0 Å². The molecule has 0 amide bonds. The third-order valence-electron chi connectivity index (χ3n) is 5.50. The number of fused-ring (bicyclic) bond motifs is 3. The Morgan fingerprint density at radius 2 is 1.70 bits per heavy atom. The molecular formula is C20H24ClNO. The van der Waals surface area contributed by atoms with Crippen molar-refractivity contribution in [1.29, 1.82) is 0 Å². The molecule has 1 aliphatic carbocycles. The maximum absolute atomic E-state index is 5.84. The second-order valence-electron chi connectivity index (χ2n) is 6.53. The second kappa shape index (κ2) is 7.04. The van der Waals surface area contributed by atoms with Crippen molar-refractivity contribution in [1.82, 2.24) is 5.32 Å². The van der Waals surface area contributed by atoms with Gasteiger partial charge < -0.3 is 10.1 Å². The van der Waals surface area contributed by atoms with E-state index >= 15 is 0 Å². The van der Waals surface area contributed by atoms with E-state index in [0.29, 0.717) is 11.8 Å². The predicted octanol–water partition coefficient (Wildman–Crippen LogP) is 4.29. The molecule has 4 rings (SSSR count). The first-order chi connectivity index (χ1) is 10.9. The van der Waals surface area contributed by atoms with E-state index in [1.165, 1.54) is 5.56 Å². The van der Waals surface area contributed by atoms with Crippen molar-refractivity contribution in [2.45, 2.75) is 24.4 Å². The Morgan fingerprint density at radius 3 is 2.43 bits per heavy atom. The van der Waals surface area contributed by atoms with Gasteiger partial charge in [-0.3, -0.25) is 0 Å². The predicted molar refractivity (Wildman–Crippen MR) is 96.3 cm³/mol. The molecule has 4 atom stereocenters. The van der Waals surface area contributed by atoms with Crippen molar-refractivity contribution >= 4 is 12.4 Å². The smallest absolute Gasteiger partial charge is 0.0827 e. The minimum atomic E-state index is 0. The van der Waals surface area contributed by atoms with E-state index in [2.05, 4.69) is 59.9 Å². The Bertz CT molecular complexity index is 645. The van der Waals surface area contributed by atoms with Crippen molar-refractivity contribution in [3.05, 3.63) is 71.3 Å². The van der Waals surface area contributed by atoms with Crippen molar-refractivity contribution in [3.63, 3.8) is 0 Å². The van der Waals surface area contributed by atoms with E-state index in [-0.39, 0.29) is 18.5 Å². The fourth-order valence-corrected chi connectivity index (χ4v) is 4.45. The lowest BCUT2D eigenvalue weighted by Crippen LogP contribution is -2.17. The van der Waals surface area contributed by atoms with Gasteiger partial charge >= 0.3 is 0 Å². The highest BCUT2D eigenvalue weighted by Crippen LogP contribution is 2.51. The van der Waals surface area contributed by atoms with Crippen LogP contribution >= 0.6 is 12.4 Å². The lowest BCUT2D eigenvalue weighted by molar-refractivity contribution is 0.0841. The maximum Gasteiger partial charge on any atom is 0.0827 e. The summed E-state index contributed by atoms with van der Waals surface area (Å²) in [6, 6.07) is 19.6. The summed E-state index contributed by atoms with van der Waals surface area (Å²) in [5.74, 6) is 2.01. The highest BCUT2D eigenvalue weighted by atomic mass is 35.5. The molecule has 2 aromatic carbocycles. The minimum absolute atomic E-state index is 0. The molecule has 2 nitrogen and oxygen atoms in total.